The van der Waals surface area contributed by atoms with Gasteiger partial charge in [-0.2, -0.15) is 0 Å². The van der Waals surface area contributed by atoms with Crippen molar-refractivity contribution in [1.29, 1.82) is 0 Å². The van der Waals surface area contributed by atoms with Gasteiger partial charge in [0.05, 0.1) is 0 Å². The van der Waals surface area contributed by atoms with Crippen molar-refractivity contribution >= 4 is 23.6 Å². The highest BCUT2D eigenvalue weighted by molar-refractivity contribution is 5.97. The van der Waals surface area contributed by atoms with Gasteiger partial charge < -0.3 is 21.1 Å². The van der Waals surface area contributed by atoms with Crippen LogP contribution in [0, 0.1) is 5.92 Å². The normalized spacial score (nSPS) is 13.0. The Bertz CT molecular complexity index is 584. The highest BCUT2D eigenvalue weighted by Gasteiger charge is 2.25. The lowest BCUT2D eigenvalue weighted by molar-refractivity contribution is -0.140. The summed E-state index contributed by atoms with van der Waals surface area (Å²) in [5, 5.41) is 17.1. The maximum absolute atomic E-state index is 12.2. The molecule has 7 heteroatoms. The van der Waals surface area contributed by atoms with E-state index in [4.69, 9.17) is 0 Å². The third kappa shape index (κ3) is 5.91. The van der Waals surface area contributed by atoms with Gasteiger partial charge in [0.2, 0.25) is 0 Å². The zero-order chi connectivity index (χ0) is 18.3. The van der Waals surface area contributed by atoms with Crippen LogP contribution in [0.3, 0.4) is 0 Å². The number of rotatable bonds is 7. The number of hydrogen-bond acceptors (Lipinski definition) is 3. The number of carboxylic acid groups (broad SMARTS) is 1. The largest absolute Gasteiger partial charge is 0.480 e. The average Bonchev–Trinajstić information content (AvgIpc) is 2.51. The maximum atomic E-state index is 12.2. The summed E-state index contributed by atoms with van der Waals surface area (Å²) in [5.74, 6) is -1.69. The van der Waals surface area contributed by atoms with Crippen molar-refractivity contribution in [3.63, 3.8) is 0 Å². The zero-order valence-electron chi connectivity index (χ0n) is 14.4. The van der Waals surface area contributed by atoms with Crippen LogP contribution in [0.15, 0.2) is 24.3 Å². The Balaban J connectivity index is 2.72. The number of anilines is 1. The van der Waals surface area contributed by atoms with E-state index in [1.165, 1.54) is 12.1 Å². The molecule has 1 aromatic carbocycles. The molecular weight excluding hydrogens is 310 g/mol. The molecule has 1 rings (SSSR count). The Labute approximate surface area is 141 Å². The van der Waals surface area contributed by atoms with E-state index in [9.17, 15) is 19.5 Å². The minimum atomic E-state index is -1.05. The summed E-state index contributed by atoms with van der Waals surface area (Å²) < 4.78 is 0. The van der Waals surface area contributed by atoms with E-state index in [0.29, 0.717) is 17.7 Å². The predicted octanol–water partition coefficient (Wildman–Crippen LogP) is 2.45. The predicted molar refractivity (Wildman–Crippen MR) is 92.1 cm³/mol. The first kappa shape index (κ1) is 19.5. The molecule has 1 aromatic rings. The first-order valence-electron chi connectivity index (χ1n) is 7.95. The second-order valence-electron chi connectivity index (χ2n) is 6.01. The van der Waals surface area contributed by atoms with E-state index in [2.05, 4.69) is 16.0 Å². The van der Waals surface area contributed by atoms with Gasteiger partial charge in [0.1, 0.15) is 6.04 Å². The minimum absolute atomic E-state index is 0.0172. The minimum Gasteiger partial charge on any atom is -0.480 e. The lowest BCUT2D eigenvalue weighted by Gasteiger charge is -2.20. The number of carboxylic acids is 1. The van der Waals surface area contributed by atoms with Crippen LogP contribution in [0.4, 0.5) is 10.5 Å². The third-order valence-corrected chi connectivity index (χ3v) is 3.59. The molecular formula is C17H25N3O4. The number of aliphatic carboxylic acids is 1. The first-order chi connectivity index (χ1) is 11.2. The highest BCUT2D eigenvalue weighted by Crippen LogP contribution is 2.12. The maximum Gasteiger partial charge on any atom is 0.326 e. The van der Waals surface area contributed by atoms with E-state index < -0.39 is 17.9 Å². The Morgan fingerprint density at radius 3 is 2.08 bits per heavy atom. The van der Waals surface area contributed by atoms with Crippen LogP contribution in [0.5, 0.6) is 0 Å². The number of carbonyl (C=O) groups excluding carboxylic acids is 2. The van der Waals surface area contributed by atoms with Crippen LogP contribution in [0.1, 0.15) is 44.5 Å². The number of urea groups is 1. The first-order valence-corrected chi connectivity index (χ1v) is 7.95. The molecule has 0 fully saturated rings. The second-order valence-corrected chi connectivity index (χ2v) is 6.01. The molecule has 132 valence electrons. The molecule has 0 aliphatic carbocycles. The summed E-state index contributed by atoms with van der Waals surface area (Å²) in [4.78, 5) is 35.0. The standard InChI is InChI=1S/C17H25N3O4/c1-5-11(4)14(16(22)23)20-15(21)12-6-8-13(9-7-12)19-17(24)18-10(2)3/h6-11,14H,5H2,1-4H3,(H,20,21)(H,22,23)(H2,18,19,24)/t11-,14-/m0/s1. The van der Waals surface area contributed by atoms with Crippen molar-refractivity contribution in [3.8, 4) is 0 Å². The summed E-state index contributed by atoms with van der Waals surface area (Å²) in [6.45, 7) is 7.35. The van der Waals surface area contributed by atoms with Crippen molar-refractivity contribution in [2.24, 2.45) is 5.92 Å². The van der Waals surface area contributed by atoms with Gasteiger partial charge in [-0.25, -0.2) is 9.59 Å². The number of benzene rings is 1. The van der Waals surface area contributed by atoms with Gasteiger partial charge in [-0.05, 0) is 44.0 Å². The second kappa shape index (κ2) is 8.90. The molecule has 0 bridgehead atoms. The number of carbonyl (C=O) groups is 3. The van der Waals surface area contributed by atoms with Crippen molar-refractivity contribution in [1.82, 2.24) is 10.6 Å². The fraction of sp³-hybridized carbons (Fsp3) is 0.471. The number of amides is 3. The molecule has 0 aliphatic rings. The van der Waals surface area contributed by atoms with Gasteiger partial charge in [-0.15, -0.1) is 0 Å². The lowest BCUT2D eigenvalue weighted by Crippen LogP contribution is -2.45. The van der Waals surface area contributed by atoms with Crippen LogP contribution in [0.2, 0.25) is 0 Å². The van der Waals surface area contributed by atoms with Crippen LogP contribution < -0.4 is 16.0 Å². The smallest absolute Gasteiger partial charge is 0.326 e. The average molecular weight is 335 g/mol. The SMILES string of the molecule is CC[C@H](C)[C@H](NC(=O)c1ccc(NC(=O)NC(C)C)cc1)C(=O)O. The third-order valence-electron chi connectivity index (χ3n) is 3.59. The topological polar surface area (TPSA) is 108 Å². The van der Waals surface area contributed by atoms with E-state index in [0.717, 1.165) is 0 Å². The van der Waals surface area contributed by atoms with E-state index in [1.54, 1.807) is 19.1 Å². The van der Waals surface area contributed by atoms with Crippen LogP contribution >= 0.6 is 0 Å². The number of hydrogen-bond donors (Lipinski definition) is 4. The van der Waals surface area contributed by atoms with Crippen molar-refractivity contribution < 1.29 is 19.5 Å². The summed E-state index contributed by atoms with van der Waals surface area (Å²) in [6, 6.07) is 5.01. The lowest BCUT2D eigenvalue weighted by atomic mass is 9.99. The van der Waals surface area contributed by atoms with Gasteiger partial charge >= 0.3 is 12.0 Å². The molecule has 7 nitrogen and oxygen atoms in total. The van der Waals surface area contributed by atoms with E-state index in [1.807, 2.05) is 20.8 Å². The van der Waals surface area contributed by atoms with Gasteiger partial charge in [0.15, 0.2) is 0 Å². The summed E-state index contributed by atoms with van der Waals surface area (Å²) in [7, 11) is 0. The molecule has 0 unspecified atom stereocenters. The Kier molecular flexibility index (Phi) is 7.23. The molecule has 24 heavy (non-hydrogen) atoms. The monoisotopic (exact) mass is 335 g/mol. The molecule has 0 aliphatic heterocycles. The Hall–Kier alpha value is -2.57. The Morgan fingerprint density at radius 2 is 1.62 bits per heavy atom. The fourth-order valence-corrected chi connectivity index (χ4v) is 2.04. The summed E-state index contributed by atoms with van der Waals surface area (Å²) in [6.07, 6.45) is 0.644. The van der Waals surface area contributed by atoms with Gasteiger partial charge in [0, 0.05) is 17.3 Å². The van der Waals surface area contributed by atoms with Crippen molar-refractivity contribution in [3.05, 3.63) is 29.8 Å². The van der Waals surface area contributed by atoms with Crippen LogP contribution in [-0.4, -0.2) is 35.1 Å². The van der Waals surface area contributed by atoms with Crippen LogP contribution in [-0.2, 0) is 4.79 Å². The molecule has 4 N–H and O–H groups in total. The Morgan fingerprint density at radius 1 is 1.04 bits per heavy atom. The van der Waals surface area contributed by atoms with Crippen molar-refractivity contribution in [2.75, 3.05) is 5.32 Å². The molecule has 0 saturated carbocycles. The zero-order valence-corrected chi connectivity index (χ0v) is 14.4. The van der Waals surface area contributed by atoms with Gasteiger partial charge in [-0.1, -0.05) is 20.3 Å². The van der Waals surface area contributed by atoms with Gasteiger partial charge in [-0.3, -0.25) is 4.79 Å². The van der Waals surface area contributed by atoms with Gasteiger partial charge in [0.25, 0.3) is 5.91 Å². The molecule has 0 aromatic heterocycles. The molecule has 3 amide bonds. The van der Waals surface area contributed by atoms with Crippen LogP contribution in [0.25, 0.3) is 0 Å². The molecule has 0 heterocycles. The molecule has 0 saturated heterocycles. The molecule has 0 spiro atoms. The quantitative estimate of drug-likeness (QED) is 0.614. The molecule has 2 atom stereocenters. The van der Waals surface area contributed by atoms with E-state index >= 15 is 0 Å². The summed E-state index contributed by atoms with van der Waals surface area (Å²) in [5.41, 5.74) is 0.876. The number of nitrogens with one attached hydrogen (secondary N) is 3. The highest BCUT2D eigenvalue weighted by atomic mass is 16.4. The van der Waals surface area contributed by atoms with Crippen molar-refractivity contribution in [2.45, 2.75) is 46.2 Å². The molecule has 0 radical (unpaired) electrons. The summed E-state index contributed by atoms with van der Waals surface area (Å²) >= 11 is 0. The fourth-order valence-electron chi connectivity index (χ4n) is 2.04. The van der Waals surface area contributed by atoms with E-state index in [-0.39, 0.29) is 18.0 Å².